The summed E-state index contributed by atoms with van der Waals surface area (Å²) in [7, 11) is 0. The van der Waals surface area contributed by atoms with Gasteiger partial charge in [0.15, 0.2) is 0 Å². The fourth-order valence-corrected chi connectivity index (χ4v) is 1.02. The molecule has 3 N–H and O–H groups in total. The molecule has 0 spiro atoms. The Labute approximate surface area is 80.6 Å². The summed E-state index contributed by atoms with van der Waals surface area (Å²) in [5.41, 5.74) is 6.04. The van der Waals surface area contributed by atoms with Crippen LogP contribution in [0.2, 0.25) is 0 Å². The van der Waals surface area contributed by atoms with Crippen molar-refractivity contribution in [3.8, 4) is 0 Å². The van der Waals surface area contributed by atoms with Crippen LogP contribution >= 0.6 is 0 Å². The number of hydrogen-bond donors (Lipinski definition) is 2. The average Bonchev–Trinajstić information content (AvgIpc) is 2.11. The molecule has 1 rings (SSSR count). The highest BCUT2D eigenvalue weighted by molar-refractivity contribution is 5.73. The highest BCUT2D eigenvalue weighted by Crippen LogP contribution is 2.06. The van der Waals surface area contributed by atoms with Crippen molar-refractivity contribution in [1.82, 2.24) is 4.98 Å². The van der Waals surface area contributed by atoms with Crippen LogP contribution in [-0.4, -0.2) is 22.1 Å². The first-order valence-corrected chi connectivity index (χ1v) is 4.11. The molecule has 0 amide bonds. The lowest BCUT2D eigenvalue weighted by Gasteiger charge is -2.06. The third-order valence-corrected chi connectivity index (χ3v) is 1.83. The Morgan fingerprint density at radius 2 is 2.36 bits per heavy atom. The maximum Gasteiger partial charge on any atom is 0.320 e. The van der Waals surface area contributed by atoms with Crippen LogP contribution in [-0.2, 0) is 11.2 Å². The van der Waals surface area contributed by atoms with E-state index < -0.39 is 17.8 Å². The molecular weight excluding hydrogens is 187 g/mol. The van der Waals surface area contributed by atoms with Crippen LogP contribution in [0.15, 0.2) is 12.1 Å². The third kappa shape index (κ3) is 2.50. The molecule has 0 saturated heterocycles. The third-order valence-electron chi connectivity index (χ3n) is 1.83. The molecule has 1 heterocycles. The van der Waals surface area contributed by atoms with Gasteiger partial charge in [0.1, 0.15) is 11.9 Å². The first-order chi connectivity index (χ1) is 6.50. The van der Waals surface area contributed by atoms with Crippen LogP contribution in [0.1, 0.15) is 11.4 Å². The van der Waals surface area contributed by atoms with Crippen molar-refractivity contribution in [2.45, 2.75) is 19.4 Å². The molecule has 0 saturated carbocycles. The van der Waals surface area contributed by atoms with Crippen molar-refractivity contribution in [1.29, 1.82) is 0 Å². The van der Waals surface area contributed by atoms with E-state index in [0.29, 0.717) is 5.69 Å². The molecule has 0 bridgehead atoms. The lowest BCUT2D eigenvalue weighted by molar-refractivity contribution is -0.138. The molecule has 1 aromatic heterocycles. The van der Waals surface area contributed by atoms with Crippen LogP contribution in [0.5, 0.6) is 0 Å². The van der Waals surface area contributed by atoms with Gasteiger partial charge in [-0.15, -0.1) is 0 Å². The molecule has 4 nitrogen and oxygen atoms in total. The number of aromatic nitrogens is 1. The second-order valence-corrected chi connectivity index (χ2v) is 3.02. The molecule has 0 aliphatic carbocycles. The van der Waals surface area contributed by atoms with E-state index in [0.717, 1.165) is 0 Å². The second-order valence-electron chi connectivity index (χ2n) is 3.02. The van der Waals surface area contributed by atoms with Crippen molar-refractivity contribution in [2.24, 2.45) is 5.73 Å². The zero-order valence-corrected chi connectivity index (χ0v) is 7.70. The Morgan fingerprint density at radius 1 is 1.71 bits per heavy atom. The van der Waals surface area contributed by atoms with Crippen LogP contribution in [0, 0.1) is 12.7 Å². The minimum atomic E-state index is -1.09. The molecule has 1 aromatic rings. The normalized spacial score (nSPS) is 12.5. The van der Waals surface area contributed by atoms with E-state index in [4.69, 9.17) is 10.8 Å². The summed E-state index contributed by atoms with van der Waals surface area (Å²) in [6.07, 6.45) is 0.108. The summed E-state index contributed by atoms with van der Waals surface area (Å²) in [4.78, 5) is 14.3. The monoisotopic (exact) mass is 198 g/mol. The molecule has 76 valence electrons. The molecule has 14 heavy (non-hydrogen) atoms. The number of nitrogens with zero attached hydrogens (tertiary/aromatic N) is 1. The van der Waals surface area contributed by atoms with Gasteiger partial charge in [-0.2, -0.15) is 0 Å². The number of halogens is 1. The lowest BCUT2D eigenvalue weighted by Crippen LogP contribution is -2.32. The van der Waals surface area contributed by atoms with Gasteiger partial charge in [-0.05, 0) is 19.1 Å². The number of pyridine rings is 1. The minimum absolute atomic E-state index is 0.108. The summed E-state index contributed by atoms with van der Waals surface area (Å²) in [5, 5.41) is 8.54. The topological polar surface area (TPSA) is 76.2 Å². The van der Waals surface area contributed by atoms with Crippen molar-refractivity contribution in [2.75, 3.05) is 0 Å². The molecule has 0 aromatic carbocycles. The number of nitrogens with two attached hydrogens (primary N) is 1. The van der Waals surface area contributed by atoms with Crippen molar-refractivity contribution in [3.05, 3.63) is 29.3 Å². The largest absolute Gasteiger partial charge is 0.480 e. The predicted octanol–water partition coefficient (Wildman–Crippen LogP) is 0.484. The van der Waals surface area contributed by atoms with Gasteiger partial charge in [0.2, 0.25) is 0 Å². The summed E-state index contributed by atoms with van der Waals surface area (Å²) in [6.45, 7) is 1.52. The van der Waals surface area contributed by atoms with Gasteiger partial charge in [-0.1, -0.05) is 0 Å². The van der Waals surface area contributed by atoms with Gasteiger partial charge in [-0.3, -0.25) is 9.78 Å². The van der Waals surface area contributed by atoms with E-state index in [1.54, 1.807) is 0 Å². The fourth-order valence-electron chi connectivity index (χ4n) is 1.02. The van der Waals surface area contributed by atoms with Gasteiger partial charge in [0.05, 0.1) is 5.69 Å². The molecule has 0 fully saturated rings. The average molecular weight is 198 g/mol. The van der Waals surface area contributed by atoms with Gasteiger partial charge in [0.25, 0.3) is 0 Å². The van der Waals surface area contributed by atoms with Gasteiger partial charge >= 0.3 is 5.97 Å². The quantitative estimate of drug-likeness (QED) is 0.740. The fraction of sp³-hybridized carbons (Fsp3) is 0.333. The van der Waals surface area contributed by atoms with Gasteiger partial charge in [0, 0.05) is 12.1 Å². The van der Waals surface area contributed by atoms with E-state index >= 15 is 0 Å². The zero-order valence-electron chi connectivity index (χ0n) is 7.70. The number of hydrogen-bond acceptors (Lipinski definition) is 3. The van der Waals surface area contributed by atoms with Crippen LogP contribution < -0.4 is 5.73 Å². The maximum absolute atomic E-state index is 12.8. The van der Waals surface area contributed by atoms with E-state index in [1.807, 2.05) is 0 Å². The number of rotatable bonds is 3. The number of aryl methyl sites for hydroxylation is 1. The second kappa shape index (κ2) is 4.15. The smallest absolute Gasteiger partial charge is 0.320 e. The SMILES string of the molecule is Cc1nc(CC(N)C(=O)O)ccc1F. The summed E-state index contributed by atoms with van der Waals surface area (Å²) < 4.78 is 12.8. The first kappa shape index (κ1) is 10.6. The van der Waals surface area contributed by atoms with Crippen LogP contribution in [0.4, 0.5) is 4.39 Å². The van der Waals surface area contributed by atoms with Crippen molar-refractivity contribution >= 4 is 5.97 Å². The molecule has 0 radical (unpaired) electrons. The standard InChI is InChI=1S/C9H11FN2O2/c1-5-7(10)3-2-6(12-5)4-8(11)9(13)14/h2-3,8H,4,11H2,1H3,(H,13,14). The number of carboxylic acids is 1. The summed E-state index contributed by atoms with van der Waals surface area (Å²) in [6, 6.07) is 1.70. The van der Waals surface area contributed by atoms with Crippen molar-refractivity contribution < 1.29 is 14.3 Å². The van der Waals surface area contributed by atoms with Gasteiger partial charge < -0.3 is 10.8 Å². The molecule has 1 atom stereocenters. The Balaban J connectivity index is 2.78. The Kier molecular flexibility index (Phi) is 3.14. The molecular formula is C9H11FN2O2. The highest BCUT2D eigenvalue weighted by atomic mass is 19.1. The van der Waals surface area contributed by atoms with E-state index in [9.17, 15) is 9.18 Å². The van der Waals surface area contributed by atoms with Crippen LogP contribution in [0.25, 0.3) is 0 Å². The number of aliphatic carboxylic acids is 1. The highest BCUT2D eigenvalue weighted by Gasteiger charge is 2.13. The predicted molar refractivity (Wildman–Crippen MR) is 48.2 cm³/mol. The molecule has 1 unspecified atom stereocenters. The Hall–Kier alpha value is -1.49. The first-order valence-electron chi connectivity index (χ1n) is 4.11. The Bertz CT molecular complexity index is 355. The Morgan fingerprint density at radius 3 is 2.86 bits per heavy atom. The van der Waals surface area contributed by atoms with Gasteiger partial charge in [-0.25, -0.2) is 4.39 Å². The van der Waals surface area contributed by atoms with Crippen molar-refractivity contribution in [3.63, 3.8) is 0 Å². The number of carbonyl (C=O) groups is 1. The van der Waals surface area contributed by atoms with E-state index in [-0.39, 0.29) is 12.1 Å². The van der Waals surface area contributed by atoms with E-state index in [1.165, 1.54) is 19.1 Å². The molecule has 0 aliphatic heterocycles. The zero-order chi connectivity index (χ0) is 10.7. The summed E-state index contributed by atoms with van der Waals surface area (Å²) in [5.74, 6) is -1.49. The van der Waals surface area contributed by atoms with E-state index in [2.05, 4.69) is 4.98 Å². The maximum atomic E-state index is 12.8. The molecule has 0 aliphatic rings. The molecule has 5 heteroatoms. The lowest BCUT2D eigenvalue weighted by atomic mass is 10.1. The van der Waals surface area contributed by atoms with Crippen LogP contribution in [0.3, 0.4) is 0 Å². The minimum Gasteiger partial charge on any atom is -0.480 e. The number of carboxylic acid groups (broad SMARTS) is 1. The summed E-state index contributed by atoms with van der Waals surface area (Å²) >= 11 is 0.